The van der Waals surface area contributed by atoms with Crippen LogP contribution in [0.3, 0.4) is 0 Å². The molecule has 0 saturated heterocycles. The van der Waals surface area contributed by atoms with Gasteiger partial charge in [-0.15, -0.1) is 0 Å². The van der Waals surface area contributed by atoms with Gasteiger partial charge in [0, 0.05) is 6.07 Å². The molecule has 3 aromatic rings. The van der Waals surface area contributed by atoms with Crippen LogP contribution in [0.2, 0.25) is 0 Å². The lowest BCUT2D eigenvalue weighted by Crippen LogP contribution is -2.13. The highest BCUT2D eigenvalue weighted by atomic mass is 16.5. The predicted molar refractivity (Wildman–Crippen MR) is 123 cm³/mol. The molecule has 0 radical (unpaired) electrons. The number of anilines is 1. The molecule has 170 valence electrons. The van der Waals surface area contributed by atoms with E-state index in [1.807, 2.05) is 32.0 Å². The highest BCUT2D eigenvalue weighted by Crippen LogP contribution is 2.29. The van der Waals surface area contributed by atoms with Gasteiger partial charge in [-0.05, 0) is 67.8 Å². The van der Waals surface area contributed by atoms with E-state index in [9.17, 15) is 10.1 Å². The number of rotatable bonds is 9. The summed E-state index contributed by atoms with van der Waals surface area (Å²) in [7, 11) is 1.52. The first-order valence-electron chi connectivity index (χ1n) is 10.3. The molecule has 0 spiro atoms. The van der Waals surface area contributed by atoms with Gasteiger partial charge < -0.3 is 24.1 Å². The Labute approximate surface area is 192 Å². The molecular formula is C25H25N3O5. The highest BCUT2D eigenvalue weighted by Gasteiger charge is 2.13. The third-order valence-corrected chi connectivity index (χ3v) is 4.54. The molecule has 1 heterocycles. The maximum absolute atomic E-state index is 12.4. The van der Waals surface area contributed by atoms with E-state index in [1.54, 1.807) is 31.2 Å². The maximum Gasteiger partial charge on any atom is 0.267 e. The fourth-order valence-corrected chi connectivity index (χ4v) is 3.14. The minimum Gasteiger partial charge on any atom is -0.493 e. The van der Waals surface area contributed by atoms with Crippen LogP contribution in [0.5, 0.6) is 17.2 Å². The van der Waals surface area contributed by atoms with Crippen molar-refractivity contribution in [2.45, 2.75) is 20.8 Å². The number of nitrogens with zero attached hydrogens (tertiary/aromatic N) is 2. The fraction of sp³-hybridized carbons (Fsp3) is 0.240. The van der Waals surface area contributed by atoms with E-state index in [0.29, 0.717) is 36.0 Å². The first-order valence-corrected chi connectivity index (χ1v) is 10.3. The van der Waals surface area contributed by atoms with Crippen molar-refractivity contribution in [3.8, 4) is 23.3 Å². The van der Waals surface area contributed by atoms with Crippen LogP contribution < -0.4 is 19.5 Å². The zero-order valence-corrected chi connectivity index (χ0v) is 19.0. The Kier molecular flexibility index (Phi) is 7.71. The summed E-state index contributed by atoms with van der Waals surface area (Å²) >= 11 is 0. The van der Waals surface area contributed by atoms with Crippen LogP contribution >= 0.6 is 0 Å². The van der Waals surface area contributed by atoms with Gasteiger partial charge in [-0.3, -0.25) is 4.79 Å². The largest absolute Gasteiger partial charge is 0.493 e. The van der Waals surface area contributed by atoms with Crippen LogP contribution in [-0.2, 0) is 4.79 Å². The van der Waals surface area contributed by atoms with E-state index in [2.05, 4.69) is 16.5 Å². The summed E-state index contributed by atoms with van der Waals surface area (Å²) in [5.74, 6) is 2.00. The van der Waals surface area contributed by atoms with Gasteiger partial charge >= 0.3 is 0 Å². The molecule has 0 atom stereocenters. The van der Waals surface area contributed by atoms with E-state index < -0.39 is 5.91 Å². The lowest BCUT2D eigenvalue weighted by Gasteiger charge is -2.13. The number of aryl methyl sites for hydroxylation is 3. The van der Waals surface area contributed by atoms with E-state index in [1.165, 1.54) is 13.2 Å². The molecule has 0 aliphatic heterocycles. The van der Waals surface area contributed by atoms with Gasteiger partial charge in [-0.2, -0.15) is 5.26 Å². The van der Waals surface area contributed by atoms with Crippen molar-refractivity contribution in [3.05, 3.63) is 70.5 Å². The van der Waals surface area contributed by atoms with E-state index >= 15 is 0 Å². The molecule has 33 heavy (non-hydrogen) atoms. The van der Waals surface area contributed by atoms with Crippen molar-refractivity contribution in [1.29, 1.82) is 5.26 Å². The van der Waals surface area contributed by atoms with Crippen molar-refractivity contribution in [2.24, 2.45) is 0 Å². The van der Waals surface area contributed by atoms with E-state index in [4.69, 9.17) is 18.7 Å². The number of hydrogen-bond donors (Lipinski definition) is 1. The normalized spacial score (nSPS) is 10.9. The number of aromatic nitrogens is 1. The lowest BCUT2D eigenvalue weighted by molar-refractivity contribution is -0.112. The summed E-state index contributed by atoms with van der Waals surface area (Å²) in [6.45, 7) is 6.44. The molecule has 3 rings (SSSR count). The molecule has 0 saturated carbocycles. The molecule has 0 bridgehead atoms. The number of nitrogens with one attached hydrogen (secondary N) is 1. The average Bonchev–Trinajstić information content (AvgIpc) is 3.19. The lowest BCUT2D eigenvalue weighted by atomic mass is 10.1. The van der Waals surface area contributed by atoms with Crippen LogP contribution in [0.4, 0.5) is 5.82 Å². The third-order valence-electron chi connectivity index (χ3n) is 4.54. The Hall–Kier alpha value is -4.25. The number of carbonyl (C=O) groups excluding carboxylic acids is 1. The minimum atomic E-state index is -0.589. The topological polar surface area (TPSA) is 107 Å². The smallest absolute Gasteiger partial charge is 0.267 e. The second kappa shape index (κ2) is 10.9. The standard InChI is InChI=1S/C25H25N3O5/c1-16-9-17(2)11-21(10-16)31-7-8-32-22-6-5-19(14-23(22)30-4)13-20(15-26)25(29)27-24-12-18(3)33-28-24/h5-6,9-14H,7-8H2,1-4H3,(H,27,28,29). The van der Waals surface area contributed by atoms with Gasteiger partial charge in [0.1, 0.15) is 36.4 Å². The Bertz CT molecular complexity index is 1190. The van der Waals surface area contributed by atoms with Gasteiger partial charge in [-0.25, -0.2) is 0 Å². The number of benzene rings is 2. The minimum absolute atomic E-state index is 0.0896. The molecule has 1 aromatic heterocycles. The molecular weight excluding hydrogens is 422 g/mol. The summed E-state index contributed by atoms with van der Waals surface area (Å²) in [6, 6.07) is 14.6. The molecule has 0 aliphatic rings. The number of hydrogen-bond acceptors (Lipinski definition) is 7. The average molecular weight is 447 g/mol. The van der Waals surface area contributed by atoms with Gasteiger partial charge in [0.2, 0.25) is 0 Å². The van der Waals surface area contributed by atoms with Gasteiger partial charge in [0.25, 0.3) is 5.91 Å². The number of nitriles is 1. The molecule has 2 aromatic carbocycles. The van der Waals surface area contributed by atoms with Crippen molar-refractivity contribution >= 4 is 17.8 Å². The zero-order chi connectivity index (χ0) is 23.8. The monoisotopic (exact) mass is 447 g/mol. The number of amides is 1. The highest BCUT2D eigenvalue weighted by molar-refractivity contribution is 6.09. The molecule has 8 nitrogen and oxygen atoms in total. The van der Waals surface area contributed by atoms with Crippen LogP contribution in [0, 0.1) is 32.1 Å². The molecule has 0 unspecified atom stereocenters. The fourth-order valence-electron chi connectivity index (χ4n) is 3.14. The second-order valence-corrected chi connectivity index (χ2v) is 7.38. The van der Waals surface area contributed by atoms with Crippen LogP contribution in [0.15, 0.2) is 52.6 Å². The summed E-state index contributed by atoms with van der Waals surface area (Å²) in [5.41, 5.74) is 2.79. The van der Waals surface area contributed by atoms with Crippen LogP contribution in [-0.4, -0.2) is 31.4 Å². The summed E-state index contributed by atoms with van der Waals surface area (Å²) in [6.07, 6.45) is 1.46. The SMILES string of the molecule is COc1cc(C=C(C#N)C(=O)Nc2cc(C)on2)ccc1OCCOc1cc(C)cc(C)c1. The summed E-state index contributed by atoms with van der Waals surface area (Å²) < 4.78 is 21.9. The Morgan fingerprint density at radius 1 is 1.06 bits per heavy atom. The summed E-state index contributed by atoms with van der Waals surface area (Å²) in [5, 5.41) is 15.6. The number of ether oxygens (including phenoxy) is 3. The first-order chi connectivity index (χ1) is 15.9. The van der Waals surface area contributed by atoms with Gasteiger partial charge in [-0.1, -0.05) is 17.3 Å². The number of carbonyl (C=O) groups is 1. The van der Waals surface area contributed by atoms with E-state index in [-0.39, 0.29) is 11.4 Å². The molecule has 0 aliphatic carbocycles. The molecule has 8 heteroatoms. The van der Waals surface area contributed by atoms with E-state index in [0.717, 1.165) is 16.9 Å². The third kappa shape index (κ3) is 6.61. The predicted octanol–water partition coefficient (Wildman–Crippen LogP) is 4.61. The number of methoxy groups -OCH3 is 1. The quantitative estimate of drug-likeness (QED) is 0.290. The first kappa shape index (κ1) is 23.4. The van der Waals surface area contributed by atoms with Gasteiger partial charge in [0.05, 0.1) is 7.11 Å². The van der Waals surface area contributed by atoms with Crippen molar-refractivity contribution in [3.63, 3.8) is 0 Å². The van der Waals surface area contributed by atoms with Crippen LogP contribution in [0.1, 0.15) is 22.5 Å². The second-order valence-electron chi connectivity index (χ2n) is 7.38. The van der Waals surface area contributed by atoms with Crippen molar-refractivity contribution < 1.29 is 23.5 Å². The van der Waals surface area contributed by atoms with Crippen molar-refractivity contribution in [2.75, 3.05) is 25.6 Å². The maximum atomic E-state index is 12.4. The Morgan fingerprint density at radius 3 is 2.42 bits per heavy atom. The Morgan fingerprint density at radius 2 is 1.79 bits per heavy atom. The molecule has 0 fully saturated rings. The molecule has 1 amide bonds. The van der Waals surface area contributed by atoms with Crippen molar-refractivity contribution in [1.82, 2.24) is 5.16 Å². The van der Waals surface area contributed by atoms with Gasteiger partial charge in [0.15, 0.2) is 17.3 Å². The van der Waals surface area contributed by atoms with Crippen LogP contribution in [0.25, 0.3) is 6.08 Å². The zero-order valence-electron chi connectivity index (χ0n) is 19.0. The summed E-state index contributed by atoms with van der Waals surface area (Å²) in [4.78, 5) is 12.4. The Balaban J connectivity index is 1.63. The molecule has 1 N–H and O–H groups in total.